The van der Waals surface area contributed by atoms with Crippen LogP contribution in [0.2, 0.25) is 0 Å². The summed E-state index contributed by atoms with van der Waals surface area (Å²) in [5.74, 6) is 0.753. The number of ether oxygens (including phenoxy) is 7. The highest BCUT2D eigenvalue weighted by Gasteiger charge is 2.68. The molecule has 18 heteroatoms. The van der Waals surface area contributed by atoms with Gasteiger partial charge in [-0.25, -0.2) is 0 Å². The van der Waals surface area contributed by atoms with Gasteiger partial charge in [-0.05, 0) is 111 Å². The first-order chi connectivity index (χ1) is 29.8. The molecule has 27 atom stereocenters. The molecule has 8 fully saturated rings. The maximum Gasteiger partial charge on any atom is 0.187 e. The number of aliphatic hydroxyl groups is 11. The van der Waals surface area contributed by atoms with Crippen molar-refractivity contribution in [3.63, 3.8) is 0 Å². The molecule has 0 bridgehead atoms. The molecule has 18 nitrogen and oxygen atoms in total. The molecule has 4 aliphatic heterocycles. The summed E-state index contributed by atoms with van der Waals surface area (Å²) in [5.41, 5.74) is 0.120. The largest absolute Gasteiger partial charge is 0.394 e. The van der Waals surface area contributed by atoms with Gasteiger partial charge in [0.25, 0.3) is 0 Å². The van der Waals surface area contributed by atoms with Gasteiger partial charge in [0.2, 0.25) is 0 Å². The van der Waals surface area contributed by atoms with Gasteiger partial charge in [0.15, 0.2) is 24.7 Å². The molecule has 4 aliphatic carbocycles. The van der Waals surface area contributed by atoms with Crippen molar-refractivity contribution < 1.29 is 89.3 Å². The maximum absolute atomic E-state index is 12.0. The summed E-state index contributed by atoms with van der Waals surface area (Å²) in [6, 6.07) is 0. The van der Waals surface area contributed by atoms with Crippen LogP contribution in [0.5, 0.6) is 0 Å². The van der Waals surface area contributed by atoms with E-state index in [9.17, 15) is 56.2 Å². The van der Waals surface area contributed by atoms with Gasteiger partial charge < -0.3 is 89.3 Å². The summed E-state index contributed by atoms with van der Waals surface area (Å²) >= 11 is 0. The van der Waals surface area contributed by atoms with Gasteiger partial charge in [-0.1, -0.05) is 27.7 Å². The third kappa shape index (κ3) is 8.60. The normalized spacial score (nSPS) is 56.3. The summed E-state index contributed by atoms with van der Waals surface area (Å²) in [5, 5.41) is 116. The van der Waals surface area contributed by atoms with E-state index in [4.69, 9.17) is 33.2 Å². The number of rotatable bonds is 12. The molecule has 8 rings (SSSR count). The van der Waals surface area contributed by atoms with Crippen molar-refractivity contribution in [1.29, 1.82) is 0 Å². The van der Waals surface area contributed by atoms with Crippen molar-refractivity contribution in [1.82, 2.24) is 0 Å². The Morgan fingerprint density at radius 3 is 2.00 bits per heavy atom. The average Bonchev–Trinajstić information content (AvgIpc) is 3.70. The first-order valence-electron chi connectivity index (χ1n) is 23.7. The molecule has 0 spiro atoms. The number of hydrogen-bond donors (Lipinski definition) is 11. The van der Waals surface area contributed by atoms with Crippen LogP contribution in [0.25, 0.3) is 0 Å². The van der Waals surface area contributed by atoms with E-state index in [1.807, 2.05) is 6.92 Å². The molecule has 0 radical (unpaired) electrons. The van der Waals surface area contributed by atoms with E-state index in [0.29, 0.717) is 36.5 Å². The molecule has 4 heterocycles. The quantitative estimate of drug-likeness (QED) is 0.107. The monoisotopic (exact) mass is 905 g/mol. The van der Waals surface area contributed by atoms with Crippen LogP contribution < -0.4 is 0 Å². The number of fused-ring (bicyclic) bond motifs is 7. The zero-order valence-electron chi connectivity index (χ0n) is 37.3. The molecule has 4 saturated heterocycles. The molecule has 8 aliphatic rings. The smallest absolute Gasteiger partial charge is 0.187 e. The summed E-state index contributed by atoms with van der Waals surface area (Å²) < 4.78 is 41.7. The van der Waals surface area contributed by atoms with Crippen LogP contribution >= 0.6 is 0 Å². The molecule has 4 saturated carbocycles. The van der Waals surface area contributed by atoms with Crippen LogP contribution in [0.4, 0.5) is 0 Å². The van der Waals surface area contributed by atoms with Gasteiger partial charge in [-0.3, -0.25) is 0 Å². The molecule has 63 heavy (non-hydrogen) atoms. The number of hydrogen-bond acceptors (Lipinski definition) is 18. The second kappa shape index (κ2) is 18.6. The topological polar surface area (TPSA) is 287 Å². The highest BCUT2D eigenvalue weighted by molar-refractivity contribution is 5.15. The molecule has 364 valence electrons. The van der Waals surface area contributed by atoms with E-state index in [0.717, 1.165) is 51.4 Å². The molecular weight excluding hydrogens is 828 g/mol. The Bertz CT molecular complexity index is 1540. The fraction of sp³-hybridized carbons (Fsp3) is 1.00. The Balaban J connectivity index is 0.836. The summed E-state index contributed by atoms with van der Waals surface area (Å²) in [6.07, 6.45) is -11.9. The Labute approximate surface area is 369 Å². The lowest BCUT2D eigenvalue weighted by Gasteiger charge is -2.61. The predicted octanol–water partition coefficient (Wildman–Crippen LogP) is -0.752. The fourth-order valence-electron chi connectivity index (χ4n) is 14.1. The van der Waals surface area contributed by atoms with E-state index in [1.165, 1.54) is 6.92 Å². The minimum absolute atomic E-state index is 0.0255. The van der Waals surface area contributed by atoms with Crippen LogP contribution in [-0.4, -0.2) is 186 Å². The second-order valence-corrected chi connectivity index (χ2v) is 21.4. The van der Waals surface area contributed by atoms with E-state index >= 15 is 0 Å². The van der Waals surface area contributed by atoms with E-state index in [1.54, 1.807) is 0 Å². The van der Waals surface area contributed by atoms with Gasteiger partial charge in [-0.2, -0.15) is 0 Å². The van der Waals surface area contributed by atoms with Gasteiger partial charge in [0.1, 0.15) is 67.1 Å². The predicted molar refractivity (Wildman–Crippen MR) is 218 cm³/mol. The van der Waals surface area contributed by atoms with E-state index in [2.05, 4.69) is 20.8 Å². The van der Waals surface area contributed by atoms with Crippen molar-refractivity contribution in [2.24, 2.45) is 52.3 Å². The summed E-state index contributed by atoms with van der Waals surface area (Å²) in [7, 11) is 0. The lowest BCUT2D eigenvalue weighted by molar-refractivity contribution is -0.361. The van der Waals surface area contributed by atoms with Crippen molar-refractivity contribution in [2.75, 3.05) is 19.8 Å². The SMILES string of the molecule is C[C@@H](CC[C@@]1(O)O[C@H]2C[C@H]3[C@@H]4CCC5C[C@@H](O[C@@H]6O[C@H](CO)[C@@H](O[C@@H]7O[C@@H](C)[C@H](O)[C@@H](O)[C@H]7O)[C@H](O)[C@H]6O)CC[C@]5(C)[C@H]4CC[C@]3(C)[C@H]2[C@@H]1C)CO[C@@H]1O[C@H](CO)[C@@H](O)[C@H](O)[C@H]1O. The Kier molecular flexibility index (Phi) is 14.4. The molecule has 11 N–H and O–H groups in total. The zero-order valence-corrected chi connectivity index (χ0v) is 37.3. The van der Waals surface area contributed by atoms with Crippen molar-refractivity contribution >= 4 is 0 Å². The Hall–Kier alpha value is -0.720. The molecular formula is C45H76O18. The minimum atomic E-state index is -1.64. The van der Waals surface area contributed by atoms with Crippen LogP contribution in [0.3, 0.4) is 0 Å². The van der Waals surface area contributed by atoms with Crippen LogP contribution in [-0.2, 0) is 33.2 Å². The van der Waals surface area contributed by atoms with Gasteiger partial charge in [0.05, 0.1) is 38.1 Å². The van der Waals surface area contributed by atoms with Crippen LogP contribution in [0.1, 0.15) is 98.8 Å². The second-order valence-electron chi connectivity index (χ2n) is 21.4. The van der Waals surface area contributed by atoms with Gasteiger partial charge >= 0.3 is 0 Å². The Morgan fingerprint density at radius 1 is 0.651 bits per heavy atom. The van der Waals surface area contributed by atoms with Crippen LogP contribution in [0, 0.1) is 52.3 Å². The third-order valence-electron chi connectivity index (χ3n) is 17.9. The van der Waals surface area contributed by atoms with E-state index in [-0.39, 0.29) is 47.4 Å². The first kappa shape index (κ1) is 48.7. The summed E-state index contributed by atoms with van der Waals surface area (Å²) in [6.45, 7) is 9.55. The first-order valence-corrected chi connectivity index (χ1v) is 23.7. The van der Waals surface area contributed by atoms with Crippen LogP contribution in [0.15, 0.2) is 0 Å². The highest BCUT2D eigenvalue weighted by atomic mass is 16.7. The zero-order chi connectivity index (χ0) is 45.5. The molecule has 0 amide bonds. The molecule has 0 aromatic heterocycles. The van der Waals surface area contributed by atoms with Crippen molar-refractivity contribution in [3.8, 4) is 0 Å². The standard InChI is InChI=1S/C45H76O18/c1-19(18-57-40-36(53)34(51)32(49)28(16-46)60-40)8-13-45(56)20(2)30-27(63-45)15-26-24-7-6-22-14-23(9-11-43(22,4)25(24)10-12-44(26,30)5)59-42-38(55)35(52)39(29(17-47)61-42)62-41-37(54)33(50)31(48)21(3)58-41/h19-42,46-56H,6-18H2,1-5H3/t19-,20-,21-,22?,23-,24+,25-,26-,27-,28+,29+,30-,31-,32+,33+,34-,35+,36+,37+,38+,39+,40+,41-,42+,43-,44-,45+/m0/s1. The van der Waals surface area contributed by atoms with Crippen molar-refractivity contribution in [3.05, 3.63) is 0 Å². The minimum Gasteiger partial charge on any atom is -0.394 e. The Morgan fingerprint density at radius 2 is 1.29 bits per heavy atom. The summed E-state index contributed by atoms with van der Waals surface area (Å²) in [4.78, 5) is 0. The third-order valence-corrected chi connectivity index (χ3v) is 17.9. The molecule has 1 unspecified atom stereocenters. The van der Waals surface area contributed by atoms with Crippen molar-refractivity contribution in [2.45, 2.75) is 209 Å². The van der Waals surface area contributed by atoms with Gasteiger partial charge in [0, 0.05) is 12.3 Å². The maximum atomic E-state index is 12.0. The highest BCUT2D eigenvalue weighted by Crippen LogP contribution is 2.71. The fourth-order valence-corrected chi connectivity index (χ4v) is 14.1. The molecule has 0 aromatic rings. The number of aliphatic hydroxyl groups excluding tert-OH is 10. The molecule has 0 aromatic carbocycles. The lowest BCUT2D eigenvalue weighted by Crippen LogP contribution is -2.64. The average molecular weight is 905 g/mol. The van der Waals surface area contributed by atoms with Gasteiger partial charge in [-0.15, -0.1) is 0 Å². The van der Waals surface area contributed by atoms with E-state index < -0.39 is 111 Å². The lowest BCUT2D eigenvalue weighted by atomic mass is 9.44.